The summed E-state index contributed by atoms with van der Waals surface area (Å²) in [4.78, 5) is 35.1. The molecule has 98 valence electrons. The molecule has 0 saturated heterocycles. The molecule has 3 amide bonds. The Morgan fingerprint density at radius 1 is 1.29 bits per heavy atom. The molecule has 0 saturated carbocycles. The van der Waals surface area contributed by atoms with Crippen LogP contribution >= 0.6 is 0 Å². The highest BCUT2D eigenvalue weighted by molar-refractivity contribution is 5.96. The van der Waals surface area contributed by atoms with Crippen molar-refractivity contribution < 1.29 is 19.5 Å². The minimum absolute atomic E-state index is 0.228. The molecule has 0 aliphatic heterocycles. The van der Waals surface area contributed by atoms with Gasteiger partial charge in [-0.25, -0.2) is 4.79 Å². The maximum absolute atomic E-state index is 11.5. The van der Waals surface area contributed by atoms with Crippen LogP contribution in [0.1, 0.15) is 33.6 Å². The summed E-state index contributed by atoms with van der Waals surface area (Å²) < 4.78 is 0. The minimum atomic E-state index is -1.17. The third-order valence-corrected chi connectivity index (χ3v) is 2.33. The Morgan fingerprint density at radius 3 is 2.24 bits per heavy atom. The number of aliphatic carboxylic acids is 1. The van der Waals surface area contributed by atoms with Crippen LogP contribution < -0.4 is 5.32 Å². The third kappa shape index (κ3) is 5.33. The highest BCUT2D eigenvalue weighted by Gasteiger charge is 2.30. The molecule has 0 rings (SSSR count). The highest BCUT2D eigenvalue weighted by Crippen LogP contribution is 2.19. The second-order valence-corrected chi connectivity index (χ2v) is 4.64. The van der Waals surface area contributed by atoms with E-state index in [0.29, 0.717) is 6.54 Å². The number of nitrogens with one attached hydrogen (secondary N) is 1. The Kier molecular flexibility index (Phi) is 5.64. The van der Waals surface area contributed by atoms with Gasteiger partial charge in [-0.3, -0.25) is 14.9 Å². The van der Waals surface area contributed by atoms with Crippen LogP contribution in [0.3, 0.4) is 0 Å². The van der Waals surface area contributed by atoms with Crippen LogP contribution in [0.2, 0.25) is 0 Å². The molecule has 0 aromatic heterocycles. The number of imide groups is 1. The van der Waals surface area contributed by atoms with Crippen LogP contribution in [0.25, 0.3) is 0 Å². The van der Waals surface area contributed by atoms with Crippen molar-refractivity contribution in [2.24, 2.45) is 5.41 Å². The average Bonchev–Trinajstić information content (AvgIpc) is 2.16. The first-order chi connectivity index (χ1) is 7.70. The summed E-state index contributed by atoms with van der Waals surface area (Å²) in [7, 11) is 1.58. The topological polar surface area (TPSA) is 86.7 Å². The minimum Gasteiger partial charge on any atom is -0.481 e. The number of amides is 3. The number of urea groups is 1. The zero-order valence-electron chi connectivity index (χ0n) is 10.7. The van der Waals surface area contributed by atoms with Gasteiger partial charge in [0.2, 0.25) is 5.91 Å². The van der Waals surface area contributed by atoms with Crippen LogP contribution in [0.5, 0.6) is 0 Å². The standard InChI is InChI=1S/C11H20N2O4/c1-5-6-13(4)10(17)12-8(14)7-11(2,3)9(15)16/h5-7H2,1-4H3,(H,15,16)(H,12,14,17). The smallest absolute Gasteiger partial charge is 0.323 e. The first kappa shape index (κ1) is 15.4. The molecule has 0 heterocycles. The second kappa shape index (κ2) is 6.22. The summed E-state index contributed by atoms with van der Waals surface area (Å²) in [5.41, 5.74) is -1.17. The Balaban J connectivity index is 4.28. The van der Waals surface area contributed by atoms with Gasteiger partial charge in [0.15, 0.2) is 0 Å². The molecule has 0 atom stereocenters. The summed E-state index contributed by atoms with van der Waals surface area (Å²) in [6.07, 6.45) is 0.562. The van der Waals surface area contributed by atoms with Gasteiger partial charge in [0.1, 0.15) is 0 Å². The van der Waals surface area contributed by atoms with E-state index in [9.17, 15) is 14.4 Å². The van der Waals surface area contributed by atoms with Gasteiger partial charge >= 0.3 is 12.0 Å². The van der Waals surface area contributed by atoms with Gasteiger partial charge in [-0.2, -0.15) is 0 Å². The maximum Gasteiger partial charge on any atom is 0.323 e. The number of carbonyl (C=O) groups excluding carboxylic acids is 2. The van der Waals surface area contributed by atoms with E-state index in [0.717, 1.165) is 6.42 Å². The third-order valence-electron chi connectivity index (χ3n) is 2.33. The van der Waals surface area contributed by atoms with Crippen molar-refractivity contribution in [1.29, 1.82) is 0 Å². The molecule has 2 N–H and O–H groups in total. The fourth-order valence-electron chi connectivity index (χ4n) is 1.17. The fraction of sp³-hybridized carbons (Fsp3) is 0.727. The lowest BCUT2D eigenvalue weighted by molar-refractivity contribution is -0.149. The molecule has 0 spiro atoms. The van der Waals surface area contributed by atoms with Crippen molar-refractivity contribution in [2.45, 2.75) is 33.6 Å². The van der Waals surface area contributed by atoms with Gasteiger partial charge < -0.3 is 10.0 Å². The van der Waals surface area contributed by atoms with E-state index in [1.165, 1.54) is 18.7 Å². The number of hydrogen-bond acceptors (Lipinski definition) is 3. The van der Waals surface area contributed by atoms with Gasteiger partial charge in [0, 0.05) is 20.0 Å². The summed E-state index contributed by atoms with van der Waals surface area (Å²) in [5, 5.41) is 11.0. The number of hydrogen-bond donors (Lipinski definition) is 2. The lowest BCUT2D eigenvalue weighted by Gasteiger charge is -2.20. The van der Waals surface area contributed by atoms with Crippen LogP contribution in [-0.4, -0.2) is 41.5 Å². The van der Waals surface area contributed by atoms with Crippen LogP contribution in [0.4, 0.5) is 4.79 Å². The average molecular weight is 244 g/mol. The zero-order chi connectivity index (χ0) is 13.6. The van der Waals surface area contributed by atoms with E-state index >= 15 is 0 Å². The normalized spacial score (nSPS) is 10.8. The maximum atomic E-state index is 11.5. The van der Waals surface area contributed by atoms with Gasteiger partial charge in [-0.05, 0) is 20.3 Å². The highest BCUT2D eigenvalue weighted by atomic mass is 16.4. The number of nitrogens with zero attached hydrogens (tertiary/aromatic N) is 1. The van der Waals surface area contributed by atoms with Crippen LogP contribution in [0, 0.1) is 5.41 Å². The summed E-state index contributed by atoms with van der Waals surface area (Å²) >= 11 is 0. The van der Waals surface area contributed by atoms with Crippen molar-refractivity contribution in [1.82, 2.24) is 10.2 Å². The summed E-state index contributed by atoms with van der Waals surface area (Å²) in [5.74, 6) is -1.65. The summed E-state index contributed by atoms with van der Waals surface area (Å²) in [6, 6.07) is -0.502. The second-order valence-electron chi connectivity index (χ2n) is 4.64. The molecular formula is C11H20N2O4. The lowest BCUT2D eigenvalue weighted by Crippen LogP contribution is -2.43. The van der Waals surface area contributed by atoms with Crippen molar-refractivity contribution in [2.75, 3.05) is 13.6 Å². The molecule has 0 aromatic carbocycles. The van der Waals surface area contributed by atoms with Crippen LogP contribution in [-0.2, 0) is 9.59 Å². The molecular weight excluding hydrogens is 224 g/mol. The van der Waals surface area contributed by atoms with E-state index in [4.69, 9.17) is 5.11 Å². The van der Waals surface area contributed by atoms with E-state index in [-0.39, 0.29) is 6.42 Å². The molecule has 0 aliphatic rings. The molecule has 0 bridgehead atoms. The van der Waals surface area contributed by atoms with E-state index < -0.39 is 23.3 Å². The predicted octanol–water partition coefficient (Wildman–Crippen LogP) is 1.07. The lowest BCUT2D eigenvalue weighted by atomic mass is 9.89. The Morgan fingerprint density at radius 2 is 1.82 bits per heavy atom. The van der Waals surface area contributed by atoms with Crippen LogP contribution in [0.15, 0.2) is 0 Å². The van der Waals surface area contributed by atoms with E-state index in [1.807, 2.05) is 6.92 Å². The Bertz CT molecular complexity index is 313. The first-order valence-corrected chi connectivity index (χ1v) is 5.49. The monoisotopic (exact) mass is 244 g/mol. The Labute approximate surface area is 101 Å². The molecule has 0 radical (unpaired) electrons. The fourth-order valence-corrected chi connectivity index (χ4v) is 1.17. The first-order valence-electron chi connectivity index (χ1n) is 5.49. The van der Waals surface area contributed by atoms with Gasteiger partial charge in [-0.1, -0.05) is 6.92 Å². The quantitative estimate of drug-likeness (QED) is 0.757. The van der Waals surface area contributed by atoms with Crippen molar-refractivity contribution >= 4 is 17.9 Å². The molecule has 0 aliphatic carbocycles. The molecule has 0 aromatic rings. The molecule has 17 heavy (non-hydrogen) atoms. The van der Waals surface area contributed by atoms with Gasteiger partial charge in [-0.15, -0.1) is 0 Å². The van der Waals surface area contributed by atoms with Gasteiger partial charge in [0.05, 0.1) is 5.41 Å². The predicted molar refractivity (Wildman–Crippen MR) is 62.5 cm³/mol. The summed E-state index contributed by atoms with van der Waals surface area (Å²) in [6.45, 7) is 5.34. The molecule has 0 fully saturated rings. The van der Waals surface area contributed by atoms with Gasteiger partial charge in [0.25, 0.3) is 0 Å². The SMILES string of the molecule is CCCN(C)C(=O)NC(=O)CC(C)(C)C(=O)O. The number of carbonyl (C=O) groups is 3. The molecule has 6 heteroatoms. The van der Waals surface area contributed by atoms with E-state index in [1.54, 1.807) is 7.05 Å². The number of rotatable bonds is 5. The number of carboxylic acid groups (broad SMARTS) is 1. The number of carboxylic acids is 1. The van der Waals surface area contributed by atoms with Crippen molar-refractivity contribution in [3.05, 3.63) is 0 Å². The Hall–Kier alpha value is -1.59. The largest absolute Gasteiger partial charge is 0.481 e. The van der Waals surface area contributed by atoms with Crippen molar-refractivity contribution in [3.8, 4) is 0 Å². The molecule has 6 nitrogen and oxygen atoms in total. The van der Waals surface area contributed by atoms with E-state index in [2.05, 4.69) is 5.32 Å². The van der Waals surface area contributed by atoms with Crippen molar-refractivity contribution in [3.63, 3.8) is 0 Å². The zero-order valence-corrected chi connectivity index (χ0v) is 10.7. The molecule has 0 unspecified atom stereocenters.